The summed E-state index contributed by atoms with van der Waals surface area (Å²) in [5.74, 6) is -0.0896. The third-order valence-electron chi connectivity index (χ3n) is 2.09. The van der Waals surface area contributed by atoms with Crippen LogP contribution in [0.4, 0.5) is 0 Å². The highest BCUT2D eigenvalue weighted by Gasteiger charge is 2.13. The molecule has 2 heterocycles. The Morgan fingerprint density at radius 2 is 2.35 bits per heavy atom. The average Bonchev–Trinajstić information content (AvgIpc) is 2.84. The standard InChI is InChI=1S/C10H9BrN2O3S/c1-5-4-6(17-9(5)11)10-13-12-7(16-10)2-3-8(14)15/h4H,2-3H2,1H3,(H,14,15). The molecule has 0 unspecified atom stereocenters. The minimum Gasteiger partial charge on any atom is -0.481 e. The van der Waals surface area contributed by atoms with Crippen molar-refractivity contribution in [3.05, 3.63) is 21.3 Å². The van der Waals surface area contributed by atoms with E-state index in [1.807, 2.05) is 13.0 Å². The quantitative estimate of drug-likeness (QED) is 0.938. The normalized spacial score (nSPS) is 10.7. The second-order valence-electron chi connectivity index (χ2n) is 3.46. The van der Waals surface area contributed by atoms with Crippen LogP contribution in [-0.4, -0.2) is 21.3 Å². The summed E-state index contributed by atoms with van der Waals surface area (Å²) >= 11 is 4.93. The van der Waals surface area contributed by atoms with E-state index in [2.05, 4.69) is 26.1 Å². The number of halogens is 1. The van der Waals surface area contributed by atoms with E-state index in [9.17, 15) is 4.79 Å². The lowest BCUT2D eigenvalue weighted by molar-refractivity contribution is -0.137. The van der Waals surface area contributed by atoms with E-state index < -0.39 is 5.97 Å². The SMILES string of the molecule is Cc1cc(-c2nnc(CCC(=O)O)o2)sc1Br. The molecule has 0 fully saturated rings. The van der Waals surface area contributed by atoms with Gasteiger partial charge in [-0.15, -0.1) is 21.5 Å². The Kier molecular flexibility index (Phi) is 3.58. The number of aromatic nitrogens is 2. The van der Waals surface area contributed by atoms with Crippen LogP contribution in [0.3, 0.4) is 0 Å². The molecular formula is C10H9BrN2O3S. The minimum atomic E-state index is -0.875. The van der Waals surface area contributed by atoms with Gasteiger partial charge < -0.3 is 9.52 Å². The van der Waals surface area contributed by atoms with Gasteiger partial charge >= 0.3 is 5.97 Å². The fraction of sp³-hybridized carbons (Fsp3) is 0.300. The summed E-state index contributed by atoms with van der Waals surface area (Å²) in [7, 11) is 0. The molecule has 1 N–H and O–H groups in total. The van der Waals surface area contributed by atoms with Crippen molar-refractivity contribution in [3.8, 4) is 10.8 Å². The van der Waals surface area contributed by atoms with Gasteiger partial charge in [0.15, 0.2) is 0 Å². The first kappa shape index (κ1) is 12.3. The van der Waals surface area contributed by atoms with Gasteiger partial charge in [-0.25, -0.2) is 0 Å². The Bertz CT molecular complexity index is 530. The van der Waals surface area contributed by atoms with Gasteiger partial charge in [0.05, 0.1) is 15.1 Å². The predicted octanol–water partition coefficient (Wildman–Crippen LogP) is 2.89. The van der Waals surface area contributed by atoms with E-state index in [0.29, 0.717) is 11.8 Å². The van der Waals surface area contributed by atoms with Crippen LogP contribution in [0.2, 0.25) is 0 Å². The first-order valence-electron chi connectivity index (χ1n) is 4.86. The smallest absolute Gasteiger partial charge is 0.303 e. The van der Waals surface area contributed by atoms with E-state index >= 15 is 0 Å². The third kappa shape index (κ3) is 2.92. The molecule has 90 valence electrons. The van der Waals surface area contributed by atoms with Gasteiger partial charge in [0.1, 0.15) is 0 Å². The van der Waals surface area contributed by atoms with E-state index in [1.165, 1.54) is 11.3 Å². The fourth-order valence-electron chi connectivity index (χ4n) is 1.23. The molecule has 2 aromatic heterocycles. The summed E-state index contributed by atoms with van der Waals surface area (Å²) in [6, 6.07) is 1.95. The van der Waals surface area contributed by atoms with Crippen molar-refractivity contribution in [1.29, 1.82) is 0 Å². The number of rotatable bonds is 4. The maximum atomic E-state index is 10.4. The van der Waals surface area contributed by atoms with Crippen molar-refractivity contribution in [2.24, 2.45) is 0 Å². The molecule has 0 amide bonds. The number of aliphatic carboxylic acids is 1. The van der Waals surface area contributed by atoms with E-state index in [1.54, 1.807) is 0 Å². The number of aryl methyl sites for hydroxylation is 2. The van der Waals surface area contributed by atoms with Gasteiger partial charge in [-0.3, -0.25) is 4.79 Å². The largest absolute Gasteiger partial charge is 0.481 e. The van der Waals surface area contributed by atoms with Crippen LogP contribution in [0, 0.1) is 6.92 Å². The molecule has 5 nitrogen and oxygen atoms in total. The summed E-state index contributed by atoms with van der Waals surface area (Å²) in [5, 5.41) is 16.3. The predicted molar refractivity (Wildman–Crippen MR) is 66.0 cm³/mol. The zero-order valence-electron chi connectivity index (χ0n) is 8.94. The van der Waals surface area contributed by atoms with E-state index in [4.69, 9.17) is 9.52 Å². The Morgan fingerprint density at radius 1 is 1.59 bits per heavy atom. The molecule has 0 bridgehead atoms. The Morgan fingerprint density at radius 3 is 2.94 bits per heavy atom. The second kappa shape index (κ2) is 4.97. The van der Waals surface area contributed by atoms with Gasteiger partial charge in [0.25, 0.3) is 5.89 Å². The molecule has 0 aliphatic heterocycles. The van der Waals surface area contributed by atoms with Crippen LogP contribution >= 0.6 is 27.3 Å². The van der Waals surface area contributed by atoms with Crippen LogP contribution in [-0.2, 0) is 11.2 Å². The number of carboxylic acids is 1. The van der Waals surface area contributed by atoms with Gasteiger partial charge in [0, 0.05) is 6.42 Å². The molecule has 0 saturated carbocycles. The lowest BCUT2D eigenvalue weighted by atomic mass is 10.3. The minimum absolute atomic E-state index is 0.00516. The van der Waals surface area contributed by atoms with Crippen LogP contribution in [0.5, 0.6) is 0 Å². The van der Waals surface area contributed by atoms with Gasteiger partial charge in [-0.05, 0) is 34.5 Å². The Labute approximate surface area is 110 Å². The maximum absolute atomic E-state index is 10.4. The molecule has 0 spiro atoms. The number of carbonyl (C=O) groups is 1. The number of thiophene rings is 1. The number of hydrogen-bond acceptors (Lipinski definition) is 5. The molecule has 2 rings (SSSR count). The zero-order valence-corrected chi connectivity index (χ0v) is 11.3. The summed E-state index contributed by atoms with van der Waals surface area (Å²) in [4.78, 5) is 11.3. The van der Waals surface area contributed by atoms with Gasteiger partial charge in [0.2, 0.25) is 5.89 Å². The number of hydrogen-bond donors (Lipinski definition) is 1. The molecule has 17 heavy (non-hydrogen) atoms. The highest BCUT2D eigenvalue weighted by atomic mass is 79.9. The summed E-state index contributed by atoms with van der Waals surface area (Å²) in [6.45, 7) is 1.98. The molecule has 0 radical (unpaired) electrons. The molecule has 0 atom stereocenters. The summed E-state index contributed by atoms with van der Waals surface area (Å²) in [6.07, 6.45) is 0.253. The van der Waals surface area contributed by atoms with Crippen molar-refractivity contribution in [1.82, 2.24) is 10.2 Å². The second-order valence-corrected chi connectivity index (χ2v) is 5.83. The first-order valence-corrected chi connectivity index (χ1v) is 6.47. The Hall–Kier alpha value is -1.21. The molecule has 0 aliphatic carbocycles. The Balaban J connectivity index is 2.15. The molecule has 0 saturated heterocycles. The van der Waals surface area contributed by atoms with Crippen molar-refractivity contribution in [3.63, 3.8) is 0 Å². The third-order valence-corrected chi connectivity index (χ3v) is 4.21. The van der Waals surface area contributed by atoms with Gasteiger partial charge in [-0.1, -0.05) is 0 Å². The highest BCUT2D eigenvalue weighted by Crippen LogP contribution is 2.33. The van der Waals surface area contributed by atoms with Crippen molar-refractivity contribution in [2.45, 2.75) is 19.8 Å². The van der Waals surface area contributed by atoms with E-state index in [0.717, 1.165) is 14.2 Å². The van der Waals surface area contributed by atoms with Crippen molar-refractivity contribution >= 4 is 33.2 Å². The van der Waals surface area contributed by atoms with Gasteiger partial charge in [-0.2, -0.15) is 0 Å². The summed E-state index contributed by atoms with van der Waals surface area (Å²) < 4.78 is 6.42. The van der Waals surface area contributed by atoms with Crippen LogP contribution in [0.25, 0.3) is 10.8 Å². The average molecular weight is 317 g/mol. The number of nitrogens with zero attached hydrogens (tertiary/aromatic N) is 2. The number of carboxylic acid groups (broad SMARTS) is 1. The van der Waals surface area contributed by atoms with Crippen molar-refractivity contribution in [2.75, 3.05) is 0 Å². The molecule has 0 aromatic carbocycles. The molecule has 2 aromatic rings. The maximum Gasteiger partial charge on any atom is 0.303 e. The molecule has 0 aliphatic rings. The highest BCUT2D eigenvalue weighted by molar-refractivity contribution is 9.11. The molecular weight excluding hydrogens is 308 g/mol. The molecule has 7 heteroatoms. The first-order chi connectivity index (χ1) is 8.06. The van der Waals surface area contributed by atoms with Crippen LogP contribution in [0.15, 0.2) is 14.3 Å². The monoisotopic (exact) mass is 316 g/mol. The fourth-order valence-corrected chi connectivity index (χ4v) is 2.69. The summed E-state index contributed by atoms with van der Waals surface area (Å²) in [5.41, 5.74) is 1.11. The van der Waals surface area contributed by atoms with Crippen LogP contribution in [0.1, 0.15) is 17.9 Å². The van der Waals surface area contributed by atoms with Crippen molar-refractivity contribution < 1.29 is 14.3 Å². The zero-order chi connectivity index (χ0) is 12.4. The van der Waals surface area contributed by atoms with E-state index in [-0.39, 0.29) is 12.8 Å². The topological polar surface area (TPSA) is 76.2 Å². The van der Waals surface area contributed by atoms with Crippen LogP contribution < -0.4 is 0 Å². The lowest BCUT2D eigenvalue weighted by Gasteiger charge is -1.89. The lowest BCUT2D eigenvalue weighted by Crippen LogP contribution is -1.97.